The Labute approximate surface area is 234 Å². The lowest BCUT2D eigenvalue weighted by Gasteiger charge is -2.40. The van der Waals surface area contributed by atoms with E-state index in [4.69, 9.17) is 14.7 Å². The number of anilines is 1. The highest BCUT2D eigenvalue weighted by molar-refractivity contribution is 5.88. The van der Waals surface area contributed by atoms with Gasteiger partial charge in [0.1, 0.15) is 18.4 Å². The van der Waals surface area contributed by atoms with Gasteiger partial charge < -0.3 is 19.5 Å². The fourth-order valence-electron chi connectivity index (χ4n) is 5.76. The summed E-state index contributed by atoms with van der Waals surface area (Å²) >= 11 is 0. The number of aromatic carboxylic acids is 1. The van der Waals surface area contributed by atoms with Crippen LogP contribution in [0.4, 0.5) is 5.69 Å². The van der Waals surface area contributed by atoms with Gasteiger partial charge in [-0.1, -0.05) is 12.1 Å². The second-order valence-electron chi connectivity index (χ2n) is 10.7. The molecule has 206 valence electrons. The molecule has 3 aliphatic rings. The zero-order valence-corrected chi connectivity index (χ0v) is 22.4. The molecule has 0 spiro atoms. The van der Waals surface area contributed by atoms with Crippen molar-refractivity contribution in [3.8, 4) is 11.8 Å². The number of benzene rings is 2. The maximum Gasteiger partial charge on any atom is 0.335 e. The molecule has 4 heterocycles. The van der Waals surface area contributed by atoms with Gasteiger partial charge >= 0.3 is 5.97 Å². The predicted octanol–water partition coefficient (Wildman–Crippen LogP) is 4.05. The van der Waals surface area contributed by atoms with Crippen LogP contribution in [0, 0.1) is 11.3 Å². The summed E-state index contributed by atoms with van der Waals surface area (Å²) in [7, 11) is 0. The maximum atomic E-state index is 11.6. The molecule has 2 fully saturated rings. The molecule has 1 aromatic heterocycles. The van der Waals surface area contributed by atoms with Gasteiger partial charge in [0.05, 0.1) is 29.6 Å². The number of rotatable bonds is 9. The van der Waals surface area contributed by atoms with Crippen LogP contribution in [-0.2, 0) is 17.9 Å². The van der Waals surface area contributed by atoms with Gasteiger partial charge in [0.2, 0.25) is 0 Å². The minimum Gasteiger partial charge on any atom is -0.487 e. The number of fused-ring (bicyclic) bond motifs is 1. The van der Waals surface area contributed by atoms with Crippen LogP contribution in [0.15, 0.2) is 60.8 Å². The summed E-state index contributed by atoms with van der Waals surface area (Å²) in [6.45, 7) is 6.58. The van der Waals surface area contributed by atoms with Crippen molar-refractivity contribution < 1.29 is 19.4 Å². The number of piperazine rings is 1. The third-order valence-electron chi connectivity index (χ3n) is 8.12. The Kier molecular flexibility index (Phi) is 7.64. The molecular weight excluding hydrogens is 506 g/mol. The monoisotopic (exact) mass is 539 g/mol. The molecule has 9 nitrogen and oxygen atoms in total. The molecule has 9 heteroatoms. The average Bonchev–Trinajstić information content (AvgIpc) is 3.30. The molecule has 0 amide bonds. The number of carbonyl (C=O) groups is 1. The Balaban J connectivity index is 1.05. The molecule has 40 heavy (non-hydrogen) atoms. The van der Waals surface area contributed by atoms with E-state index in [0.29, 0.717) is 17.7 Å². The highest BCUT2D eigenvalue weighted by Gasteiger charge is 2.35. The number of pyridine rings is 1. The minimum absolute atomic E-state index is 0.178. The lowest BCUT2D eigenvalue weighted by Crippen LogP contribution is -2.50. The summed E-state index contributed by atoms with van der Waals surface area (Å²) in [4.78, 5) is 23.3. The van der Waals surface area contributed by atoms with Crippen molar-refractivity contribution in [1.29, 1.82) is 5.26 Å². The van der Waals surface area contributed by atoms with E-state index in [0.717, 1.165) is 81.5 Å². The first kappa shape index (κ1) is 26.3. The zero-order chi connectivity index (χ0) is 27.5. The van der Waals surface area contributed by atoms with Crippen molar-refractivity contribution in [3.63, 3.8) is 0 Å². The van der Waals surface area contributed by atoms with E-state index in [1.165, 1.54) is 5.56 Å². The van der Waals surface area contributed by atoms with Gasteiger partial charge in [0, 0.05) is 63.3 Å². The van der Waals surface area contributed by atoms with Crippen LogP contribution < -0.4 is 9.64 Å². The number of hydrogen-bond acceptors (Lipinski definition) is 8. The molecule has 1 unspecified atom stereocenters. The van der Waals surface area contributed by atoms with E-state index >= 15 is 0 Å². The molecule has 0 saturated carbocycles. The number of ether oxygens (including phenoxy) is 2. The highest BCUT2D eigenvalue weighted by atomic mass is 16.5. The normalized spacial score (nSPS) is 20.9. The summed E-state index contributed by atoms with van der Waals surface area (Å²) in [5, 5.41) is 18.5. The van der Waals surface area contributed by atoms with Crippen molar-refractivity contribution in [2.24, 2.45) is 0 Å². The first-order valence-electron chi connectivity index (χ1n) is 13.8. The van der Waals surface area contributed by atoms with Crippen LogP contribution in [-0.4, -0.2) is 71.4 Å². The summed E-state index contributed by atoms with van der Waals surface area (Å²) < 4.78 is 11.7. The van der Waals surface area contributed by atoms with E-state index in [-0.39, 0.29) is 12.1 Å². The van der Waals surface area contributed by atoms with E-state index in [1.54, 1.807) is 18.3 Å². The molecule has 0 bridgehead atoms. The molecule has 6 rings (SSSR count). The van der Waals surface area contributed by atoms with E-state index in [9.17, 15) is 9.90 Å². The third-order valence-corrected chi connectivity index (χ3v) is 8.12. The van der Waals surface area contributed by atoms with Gasteiger partial charge in [-0.25, -0.2) is 4.79 Å². The molecule has 2 atom stereocenters. The Morgan fingerprint density at radius 1 is 1.12 bits per heavy atom. The number of carboxylic acids is 1. The molecule has 0 radical (unpaired) electrons. The predicted molar refractivity (Wildman–Crippen MR) is 149 cm³/mol. The van der Waals surface area contributed by atoms with Gasteiger partial charge in [-0.05, 0) is 60.4 Å². The van der Waals surface area contributed by atoms with Gasteiger partial charge in [-0.2, -0.15) is 5.26 Å². The SMILES string of the molecule is N#Cc1ccc(COc2cccc(N3CCN(CN4Cc5ccc(C(=O)O)cc5[C@@H]4CC4CCO4)CC3)c2)nc1. The fourth-order valence-corrected chi connectivity index (χ4v) is 5.76. The highest BCUT2D eigenvalue weighted by Crippen LogP contribution is 2.39. The lowest BCUT2D eigenvalue weighted by molar-refractivity contribution is -0.0700. The Hall–Kier alpha value is -3.97. The average molecular weight is 540 g/mol. The molecule has 1 N–H and O–H groups in total. The topological polar surface area (TPSA) is 102 Å². The fraction of sp³-hybridized carbons (Fsp3) is 0.387. The maximum absolute atomic E-state index is 11.6. The van der Waals surface area contributed by atoms with Gasteiger partial charge in [0.25, 0.3) is 0 Å². The van der Waals surface area contributed by atoms with Crippen LogP contribution in [0.5, 0.6) is 5.75 Å². The second kappa shape index (κ2) is 11.6. The van der Waals surface area contributed by atoms with Crippen LogP contribution in [0.25, 0.3) is 0 Å². The Morgan fingerprint density at radius 3 is 2.67 bits per heavy atom. The number of hydrogen-bond donors (Lipinski definition) is 1. The van der Waals surface area contributed by atoms with Crippen LogP contribution >= 0.6 is 0 Å². The molecule has 2 aromatic carbocycles. The second-order valence-corrected chi connectivity index (χ2v) is 10.7. The largest absolute Gasteiger partial charge is 0.487 e. The molecule has 0 aliphatic carbocycles. The quantitative estimate of drug-likeness (QED) is 0.432. The number of carboxylic acid groups (broad SMARTS) is 1. The first-order valence-corrected chi connectivity index (χ1v) is 13.8. The Bertz CT molecular complexity index is 1390. The standard InChI is InChI=1S/C31H33N5O4/c32-17-22-4-7-25(33-18-22)20-40-27-3-1-2-26(15-27)35-11-9-34(10-12-35)21-36-19-24-6-5-23(31(37)38)14-29(24)30(36)16-28-8-13-39-28/h1-7,14-15,18,28,30H,8-13,16,19-21H2,(H,37,38)/t28?,30-/m0/s1. The van der Waals surface area contributed by atoms with Crippen LogP contribution in [0.1, 0.15) is 51.6 Å². The van der Waals surface area contributed by atoms with Crippen molar-refractivity contribution in [2.75, 3.05) is 44.4 Å². The van der Waals surface area contributed by atoms with Gasteiger partial charge in [-0.3, -0.25) is 14.8 Å². The number of nitrogens with zero attached hydrogens (tertiary/aromatic N) is 5. The number of aromatic nitrogens is 1. The molecule has 2 saturated heterocycles. The lowest BCUT2D eigenvalue weighted by atomic mass is 9.95. The van der Waals surface area contributed by atoms with E-state index in [2.05, 4.69) is 37.9 Å². The molecule has 3 aromatic rings. The van der Waals surface area contributed by atoms with Crippen molar-refractivity contribution in [3.05, 3.63) is 88.7 Å². The first-order chi connectivity index (χ1) is 19.6. The molecular formula is C31H33N5O4. The van der Waals surface area contributed by atoms with Gasteiger partial charge in [-0.15, -0.1) is 0 Å². The summed E-state index contributed by atoms with van der Waals surface area (Å²) in [5.74, 6) is -0.0842. The third kappa shape index (κ3) is 5.80. The number of nitriles is 1. The molecule has 3 aliphatic heterocycles. The van der Waals surface area contributed by atoms with E-state index in [1.807, 2.05) is 30.3 Å². The van der Waals surface area contributed by atoms with Crippen molar-refractivity contribution >= 4 is 11.7 Å². The summed E-state index contributed by atoms with van der Waals surface area (Å²) in [5.41, 5.74) is 5.17. The van der Waals surface area contributed by atoms with E-state index < -0.39 is 5.97 Å². The van der Waals surface area contributed by atoms with Crippen molar-refractivity contribution in [2.45, 2.75) is 38.1 Å². The van der Waals surface area contributed by atoms with Crippen molar-refractivity contribution in [1.82, 2.24) is 14.8 Å². The zero-order valence-electron chi connectivity index (χ0n) is 22.4. The Morgan fingerprint density at radius 2 is 1.98 bits per heavy atom. The minimum atomic E-state index is -0.878. The summed E-state index contributed by atoms with van der Waals surface area (Å²) in [6.07, 6.45) is 3.79. The van der Waals surface area contributed by atoms with Crippen LogP contribution in [0.2, 0.25) is 0 Å². The van der Waals surface area contributed by atoms with Crippen LogP contribution in [0.3, 0.4) is 0 Å². The van der Waals surface area contributed by atoms with Gasteiger partial charge in [0.15, 0.2) is 0 Å². The summed E-state index contributed by atoms with van der Waals surface area (Å²) in [6, 6.07) is 19.6. The smallest absolute Gasteiger partial charge is 0.335 e.